The van der Waals surface area contributed by atoms with Gasteiger partial charge in [0.1, 0.15) is 6.61 Å². The van der Waals surface area contributed by atoms with Crippen LogP contribution in [0, 0.1) is 11.8 Å². The third-order valence-electron chi connectivity index (χ3n) is 6.31. The van der Waals surface area contributed by atoms with Crippen molar-refractivity contribution in [3.05, 3.63) is 35.9 Å². The molecule has 3 atom stereocenters. The predicted molar refractivity (Wildman–Crippen MR) is 90.9 cm³/mol. The molecule has 4 heteroatoms. The summed E-state index contributed by atoms with van der Waals surface area (Å²) in [5.74, 6) is 1.30. The van der Waals surface area contributed by atoms with E-state index < -0.39 is 0 Å². The average molecular weight is 329 g/mol. The maximum absolute atomic E-state index is 12.1. The van der Waals surface area contributed by atoms with Crippen molar-refractivity contribution in [2.75, 3.05) is 13.2 Å². The zero-order valence-electron chi connectivity index (χ0n) is 14.3. The van der Waals surface area contributed by atoms with Crippen LogP contribution < -0.4 is 0 Å². The summed E-state index contributed by atoms with van der Waals surface area (Å²) < 4.78 is 5.41. The first kappa shape index (κ1) is 16.1. The van der Waals surface area contributed by atoms with Crippen molar-refractivity contribution >= 4 is 5.97 Å². The molecule has 24 heavy (non-hydrogen) atoms. The molecule has 0 bridgehead atoms. The summed E-state index contributed by atoms with van der Waals surface area (Å²) in [6, 6.07) is 9.85. The molecule has 1 spiro atoms. The Morgan fingerprint density at radius 1 is 1.17 bits per heavy atom. The van der Waals surface area contributed by atoms with Gasteiger partial charge in [-0.3, -0.25) is 9.63 Å². The van der Waals surface area contributed by atoms with E-state index in [1.807, 2.05) is 30.3 Å². The Morgan fingerprint density at radius 2 is 2.00 bits per heavy atom. The minimum Gasteiger partial charge on any atom is -0.461 e. The third-order valence-corrected chi connectivity index (χ3v) is 6.31. The van der Waals surface area contributed by atoms with Gasteiger partial charge >= 0.3 is 5.97 Å². The number of ether oxygens (including phenoxy) is 1. The van der Waals surface area contributed by atoms with Gasteiger partial charge in [0.15, 0.2) is 0 Å². The largest absolute Gasteiger partial charge is 0.461 e. The first-order valence-electron chi connectivity index (χ1n) is 9.39. The van der Waals surface area contributed by atoms with E-state index in [2.05, 4.69) is 5.06 Å². The monoisotopic (exact) mass is 329 g/mol. The van der Waals surface area contributed by atoms with E-state index in [9.17, 15) is 4.79 Å². The molecule has 1 aromatic rings. The van der Waals surface area contributed by atoms with E-state index in [1.165, 1.54) is 38.5 Å². The van der Waals surface area contributed by atoms with Crippen molar-refractivity contribution < 1.29 is 14.4 Å². The second-order valence-electron chi connectivity index (χ2n) is 7.50. The molecule has 1 saturated heterocycles. The Balaban J connectivity index is 1.31. The molecule has 0 N–H and O–H groups in total. The van der Waals surface area contributed by atoms with Gasteiger partial charge in [-0.1, -0.05) is 43.2 Å². The minimum absolute atomic E-state index is 0.132. The highest BCUT2D eigenvalue weighted by Crippen LogP contribution is 2.55. The standard InChI is InChI=1S/C20H27NO3/c22-19(23-14-16-6-2-1-3-7-16)11-13-21-20-12-5-4-8-17(20)9-10-18(20)15-24-21/h1-3,6-7,17-18H,4-5,8-15H2/t17-,18-,20?/m0/s1. The van der Waals surface area contributed by atoms with Gasteiger partial charge in [-0.15, -0.1) is 0 Å². The average Bonchev–Trinajstić information content (AvgIpc) is 3.15. The van der Waals surface area contributed by atoms with Crippen molar-refractivity contribution in [2.24, 2.45) is 11.8 Å². The van der Waals surface area contributed by atoms with Gasteiger partial charge in [0.25, 0.3) is 0 Å². The van der Waals surface area contributed by atoms with Crippen molar-refractivity contribution in [3.8, 4) is 0 Å². The van der Waals surface area contributed by atoms with Crippen LogP contribution in [0.1, 0.15) is 50.5 Å². The maximum Gasteiger partial charge on any atom is 0.307 e. The van der Waals surface area contributed by atoms with E-state index >= 15 is 0 Å². The van der Waals surface area contributed by atoms with Crippen LogP contribution in [0.15, 0.2) is 30.3 Å². The highest BCUT2D eigenvalue weighted by atomic mass is 16.7. The van der Waals surface area contributed by atoms with Crippen molar-refractivity contribution in [2.45, 2.75) is 57.1 Å². The zero-order chi connectivity index (χ0) is 16.4. The lowest BCUT2D eigenvalue weighted by molar-refractivity contribution is -0.188. The van der Waals surface area contributed by atoms with Gasteiger partial charge < -0.3 is 4.74 Å². The summed E-state index contributed by atoms with van der Waals surface area (Å²) in [5.41, 5.74) is 1.25. The highest BCUT2D eigenvalue weighted by Gasteiger charge is 2.58. The fourth-order valence-corrected chi connectivity index (χ4v) is 5.17. The summed E-state index contributed by atoms with van der Waals surface area (Å²) in [6.45, 7) is 1.87. The van der Waals surface area contributed by atoms with Gasteiger partial charge in [0.05, 0.1) is 18.6 Å². The summed E-state index contributed by atoms with van der Waals surface area (Å²) in [5, 5.41) is 2.18. The molecule has 3 fully saturated rings. The molecule has 4 nitrogen and oxygen atoms in total. The number of rotatable bonds is 5. The van der Waals surface area contributed by atoms with E-state index in [4.69, 9.17) is 9.57 Å². The van der Waals surface area contributed by atoms with E-state index in [1.54, 1.807) is 0 Å². The summed E-state index contributed by atoms with van der Waals surface area (Å²) in [4.78, 5) is 18.1. The number of nitrogens with zero attached hydrogens (tertiary/aromatic N) is 1. The molecule has 2 saturated carbocycles. The topological polar surface area (TPSA) is 38.8 Å². The Morgan fingerprint density at radius 3 is 2.88 bits per heavy atom. The lowest BCUT2D eigenvalue weighted by Crippen LogP contribution is -2.52. The molecule has 2 aliphatic carbocycles. The van der Waals surface area contributed by atoms with Crippen LogP contribution in [0.4, 0.5) is 0 Å². The van der Waals surface area contributed by atoms with Crippen LogP contribution in [-0.2, 0) is 21.0 Å². The number of hydrogen-bond acceptors (Lipinski definition) is 4. The molecule has 1 aromatic carbocycles. The van der Waals surface area contributed by atoms with E-state index in [-0.39, 0.29) is 11.5 Å². The fourth-order valence-electron chi connectivity index (χ4n) is 5.17. The van der Waals surface area contributed by atoms with Crippen LogP contribution in [0.3, 0.4) is 0 Å². The Kier molecular flexibility index (Phi) is 4.59. The van der Waals surface area contributed by atoms with Crippen LogP contribution >= 0.6 is 0 Å². The second kappa shape index (κ2) is 6.85. The van der Waals surface area contributed by atoms with Gasteiger partial charge in [0, 0.05) is 12.5 Å². The Labute approximate surface area is 144 Å². The molecular weight excluding hydrogens is 302 g/mol. The second-order valence-corrected chi connectivity index (χ2v) is 7.50. The molecular formula is C20H27NO3. The summed E-state index contributed by atoms with van der Waals surface area (Å²) in [6.07, 6.45) is 8.25. The quantitative estimate of drug-likeness (QED) is 0.772. The first-order chi connectivity index (χ1) is 11.8. The number of carbonyl (C=O) groups is 1. The Bertz CT molecular complexity index is 574. The summed E-state index contributed by atoms with van der Waals surface area (Å²) in [7, 11) is 0. The minimum atomic E-state index is -0.132. The van der Waals surface area contributed by atoms with Crippen molar-refractivity contribution in [3.63, 3.8) is 0 Å². The molecule has 1 unspecified atom stereocenters. The third kappa shape index (κ3) is 2.86. The molecule has 0 amide bonds. The van der Waals surface area contributed by atoms with Gasteiger partial charge in [0.2, 0.25) is 0 Å². The maximum atomic E-state index is 12.1. The Hall–Kier alpha value is -1.39. The SMILES string of the molecule is O=C(CCN1OC[C@@H]2CC[C@@H]3CCCCC321)OCc1ccccc1. The molecule has 0 aromatic heterocycles. The lowest BCUT2D eigenvalue weighted by atomic mass is 9.71. The molecule has 130 valence electrons. The van der Waals surface area contributed by atoms with E-state index in [0.717, 1.165) is 18.1 Å². The van der Waals surface area contributed by atoms with Crippen LogP contribution in [-0.4, -0.2) is 29.7 Å². The van der Waals surface area contributed by atoms with Crippen LogP contribution in [0.25, 0.3) is 0 Å². The smallest absolute Gasteiger partial charge is 0.307 e. The number of carbonyl (C=O) groups excluding carboxylic acids is 1. The number of hydrogen-bond donors (Lipinski definition) is 0. The summed E-state index contributed by atoms with van der Waals surface area (Å²) >= 11 is 0. The molecule has 1 heterocycles. The predicted octanol–water partition coefficient (Wildman–Crippen LogP) is 3.71. The van der Waals surface area contributed by atoms with Crippen LogP contribution in [0.2, 0.25) is 0 Å². The van der Waals surface area contributed by atoms with Gasteiger partial charge in [-0.05, 0) is 37.2 Å². The lowest BCUT2D eigenvalue weighted by Gasteiger charge is -2.44. The van der Waals surface area contributed by atoms with Crippen molar-refractivity contribution in [1.82, 2.24) is 5.06 Å². The molecule has 0 radical (unpaired) electrons. The molecule has 3 aliphatic rings. The fraction of sp³-hybridized carbons (Fsp3) is 0.650. The highest BCUT2D eigenvalue weighted by molar-refractivity contribution is 5.69. The normalized spacial score (nSPS) is 32.3. The van der Waals surface area contributed by atoms with Crippen LogP contribution in [0.5, 0.6) is 0 Å². The first-order valence-corrected chi connectivity index (χ1v) is 9.39. The zero-order valence-corrected chi connectivity index (χ0v) is 14.3. The number of esters is 1. The van der Waals surface area contributed by atoms with Gasteiger partial charge in [-0.2, -0.15) is 5.06 Å². The number of benzene rings is 1. The molecule has 4 rings (SSSR count). The van der Waals surface area contributed by atoms with Gasteiger partial charge in [-0.25, -0.2) is 0 Å². The van der Waals surface area contributed by atoms with Crippen molar-refractivity contribution in [1.29, 1.82) is 0 Å². The molecule has 1 aliphatic heterocycles. The van der Waals surface area contributed by atoms with E-state index in [0.29, 0.717) is 25.5 Å². The number of hydroxylamine groups is 2.